The molecule has 1 heterocycles. The molecule has 1 aromatic heterocycles. The smallest absolute Gasteiger partial charge is 0.252 e. The van der Waals surface area contributed by atoms with Gasteiger partial charge in [0.15, 0.2) is 0 Å². The fourth-order valence-electron chi connectivity index (χ4n) is 8.61. The summed E-state index contributed by atoms with van der Waals surface area (Å²) in [4.78, 5) is 10.1. The van der Waals surface area contributed by atoms with Gasteiger partial charge in [0.2, 0.25) is 18.1 Å². The van der Waals surface area contributed by atoms with E-state index in [1.54, 1.807) is 29.5 Å². The predicted octanol–water partition coefficient (Wildman–Crippen LogP) is 14.7. The number of nitrogens with zero attached hydrogens (tertiary/aromatic N) is 2. The Morgan fingerprint density at radius 3 is 0.769 bits per heavy atom. The second-order valence-corrected chi connectivity index (χ2v) is 17.1. The number of hydrogen-bond donors (Lipinski definition) is 0. The number of aromatic nitrogens is 2. The molecule has 0 radical (unpaired) electrons. The van der Waals surface area contributed by atoms with E-state index in [2.05, 4.69) is 35.3 Å². The zero-order valence-corrected chi connectivity index (χ0v) is 37.9. The van der Waals surface area contributed by atoms with E-state index >= 15 is 0 Å². The standard InChI is InChI=1S/C32H12BF24.C18H13N2O/c34-25(35,36)13-1-14(26(37,38)39)6-21(5-13)33(22-7-15(27(40,41)42)2-16(8-22)28(43,44)45,23-9-17(29(46,47)48)3-18(10-23)30(49,50)51)24-11-19(31(52,53)54)4-20(12-24)32(55,56)57;1-3-7-16-14(5-1)13-15-6-2-4-8-17(15)18(16)21-20-11-9-19-10-12-20/h1-12H;1-13H/q-1;+1. The Morgan fingerprint density at radius 1 is 0.308 bits per heavy atom. The number of fused-ring (bicyclic) bond motifs is 2. The molecule has 0 amide bonds. The van der Waals surface area contributed by atoms with E-state index in [-0.39, 0.29) is 0 Å². The Morgan fingerprint density at radius 2 is 0.538 bits per heavy atom. The molecule has 8 aromatic rings. The Bertz CT molecular complexity index is 3010. The molecule has 0 spiro atoms. The highest BCUT2D eigenvalue weighted by Crippen LogP contribution is 2.42. The number of alkyl halides is 24. The van der Waals surface area contributed by atoms with E-state index < -0.39 is 195 Å². The second-order valence-electron chi connectivity index (χ2n) is 17.1. The van der Waals surface area contributed by atoms with Crippen LogP contribution in [0.2, 0.25) is 0 Å². The minimum atomic E-state index is -6.13. The van der Waals surface area contributed by atoms with Crippen LogP contribution in [0.25, 0.3) is 21.5 Å². The summed E-state index contributed by atoms with van der Waals surface area (Å²) in [6.07, 6.45) is -47.8. The van der Waals surface area contributed by atoms with Crippen LogP contribution in [0.4, 0.5) is 105 Å². The van der Waals surface area contributed by atoms with Gasteiger partial charge in [-0.25, -0.2) is 4.84 Å². The van der Waals surface area contributed by atoms with Crippen LogP contribution in [-0.4, -0.2) is 11.1 Å². The van der Waals surface area contributed by atoms with Gasteiger partial charge in [-0.1, -0.05) is 97.1 Å². The molecule has 7 aromatic carbocycles. The van der Waals surface area contributed by atoms with Gasteiger partial charge >= 0.3 is 49.4 Å². The lowest BCUT2D eigenvalue weighted by molar-refractivity contribution is -0.874. The topological polar surface area (TPSA) is 26.0 Å². The van der Waals surface area contributed by atoms with Crippen molar-refractivity contribution in [3.05, 3.63) is 197 Å². The summed E-state index contributed by atoms with van der Waals surface area (Å²) in [6.45, 7) is 0. The minimum absolute atomic E-state index is 0.691. The maximum Gasteiger partial charge on any atom is 0.416 e. The monoisotopic (exact) mass is 1140 g/mol. The van der Waals surface area contributed by atoms with Crippen LogP contribution in [0.5, 0.6) is 5.75 Å². The molecule has 0 bridgehead atoms. The van der Waals surface area contributed by atoms with Gasteiger partial charge in [-0.15, -0.1) is 0 Å². The first-order chi connectivity index (χ1) is 35.7. The van der Waals surface area contributed by atoms with Crippen molar-refractivity contribution in [2.45, 2.75) is 49.4 Å². The van der Waals surface area contributed by atoms with Crippen LogP contribution in [0.3, 0.4) is 0 Å². The van der Waals surface area contributed by atoms with Gasteiger partial charge in [-0.2, -0.15) is 127 Å². The van der Waals surface area contributed by atoms with Crippen molar-refractivity contribution < 1.29 is 115 Å². The third-order valence-corrected chi connectivity index (χ3v) is 12.0. The first-order valence-corrected chi connectivity index (χ1v) is 21.4. The molecule has 0 unspecified atom stereocenters. The van der Waals surface area contributed by atoms with E-state index in [9.17, 15) is 105 Å². The maximum atomic E-state index is 14.2. The molecule has 28 heteroatoms. The molecule has 0 saturated carbocycles. The van der Waals surface area contributed by atoms with Gasteiger partial charge in [-0.05, 0) is 41.1 Å². The van der Waals surface area contributed by atoms with E-state index in [1.807, 2.05) is 24.3 Å². The van der Waals surface area contributed by atoms with Crippen LogP contribution in [0, 0.1) is 0 Å². The second kappa shape index (κ2) is 20.0. The quantitative estimate of drug-likeness (QED) is 0.0718. The Hall–Kier alpha value is -7.68. The highest BCUT2D eigenvalue weighted by molar-refractivity contribution is 7.20. The van der Waals surface area contributed by atoms with Gasteiger partial charge in [-0.3, -0.25) is 4.98 Å². The van der Waals surface area contributed by atoms with Gasteiger partial charge < -0.3 is 0 Å². The molecule has 412 valence electrons. The van der Waals surface area contributed by atoms with Gasteiger partial charge in [0, 0.05) is 15.5 Å². The SMILES string of the molecule is FC(F)(F)c1cc([B-](c2cc(C(F)(F)F)cc(C(F)(F)F)c2)(c2cc(C(F)(F)F)cc(C(F)(F)F)c2)c2cc(C(F)(F)F)cc(C(F)(F)F)c2)cc(C(F)(F)F)c1.c1ccc2c(O[n+]3ccncc3)c3ccccc3cc2c1. The molecule has 8 rings (SSSR count). The van der Waals surface area contributed by atoms with Crippen molar-refractivity contribution in [2.75, 3.05) is 0 Å². The minimum Gasteiger partial charge on any atom is -0.252 e. The van der Waals surface area contributed by atoms with Crippen molar-refractivity contribution in [2.24, 2.45) is 0 Å². The first kappa shape index (κ1) is 58.0. The lowest BCUT2D eigenvalue weighted by atomic mass is 9.12. The van der Waals surface area contributed by atoms with Crippen molar-refractivity contribution in [3.63, 3.8) is 0 Å². The van der Waals surface area contributed by atoms with E-state index in [1.165, 1.54) is 10.8 Å². The van der Waals surface area contributed by atoms with Crippen LogP contribution >= 0.6 is 0 Å². The van der Waals surface area contributed by atoms with Gasteiger partial charge in [0.1, 0.15) is 6.15 Å². The lowest BCUT2D eigenvalue weighted by Gasteiger charge is -2.46. The highest BCUT2D eigenvalue weighted by Gasteiger charge is 2.47. The van der Waals surface area contributed by atoms with Crippen molar-refractivity contribution in [3.8, 4) is 5.75 Å². The summed E-state index contributed by atoms with van der Waals surface area (Å²) in [6, 6.07) is 9.89. The summed E-state index contributed by atoms with van der Waals surface area (Å²) in [5.74, 6) is 0.861. The number of halogens is 24. The van der Waals surface area contributed by atoms with E-state index in [0.717, 1.165) is 16.5 Å². The average molecular weight is 1140 g/mol. The summed E-state index contributed by atoms with van der Waals surface area (Å²) in [7, 11) is 0. The first-order valence-electron chi connectivity index (χ1n) is 21.4. The van der Waals surface area contributed by atoms with Crippen molar-refractivity contribution in [1.82, 2.24) is 4.98 Å². The molecule has 0 atom stereocenters. The fraction of sp³-hybridized carbons (Fsp3) is 0.160. The molecule has 0 aliphatic carbocycles. The number of benzene rings is 7. The van der Waals surface area contributed by atoms with E-state index in [0.29, 0.717) is 0 Å². The molecular weight excluding hydrogens is 1110 g/mol. The van der Waals surface area contributed by atoms with Crippen LogP contribution in [0.15, 0.2) is 152 Å². The number of rotatable bonds is 6. The third-order valence-electron chi connectivity index (χ3n) is 12.0. The molecule has 0 aliphatic rings. The summed E-state index contributed by atoms with van der Waals surface area (Å²) in [5, 5.41) is 4.53. The van der Waals surface area contributed by atoms with Gasteiger partial charge in [0.05, 0.1) is 56.9 Å². The summed E-state index contributed by atoms with van der Waals surface area (Å²) in [5.41, 5.74) is -30.2. The molecule has 0 aliphatic heterocycles. The van der Waals surface area contributed by atoms with Crippen molar-refractivity contribution >= 4 is 49.5 Å². The van der Waals surface area contributed by atoms with Crippen molar-refractivity contribution in [1.29, 1.82) is 0 Å². The normalized spacial score (nSPS) is 13.4. The van der Waals surface area contributed by atoms with Crippen LogP contribution < -0.4 is 31.4 Å². The maximum absolute atomic E-state index is 14.2. The Labute approximate surface area is 420 Å². The van der Waals surface area contributed by atoms with E-state index in [4.69, 9.17) is 4.84 Å². The molecular formula is C50H25BF24N2O. The highest BCUT2D eigenvalue weighted by atomic mass is 19.4. The third kappa shape index (κ3) is 12.4. The van der Waals surface area contributed by atoms with Crippen LogP contribution in [0.1, 0.15) is 44.5 Å². The molecule has 78 heavy (non-hydrogen) atoms. The molecule has 0 fully saturated rings. The predicted molar refractivity (Wildman–Crippen MR) is 232 cm³/mol. The summed E-state index contributed by atoms with van der Waals surface area (Å²) >= 11 is 0. The molecule has 3 nitrogen and oxygen atoms in total. The van der Waals surface area contributed by atoms with Crippen LogP contribution in [-0.2, 0) is 49.4 Å². The van der Waals surface area contributed by atoms with Gasteiger partial charge in [0.25, 0.3) is 0 Å². The largest absolute Gasteiger partial charge is 0.416 e. The lowest BCUT2D eigenvalue weighted by Crippen LogP contribution is -2.75. The average Bonchev–Trinajstić information content (AvgIpc) is 3.33. The summed E-state index contributed by atoms with van der Waals surface area (Å²) < 4.78 is 342. The zero-order chi connectivity index (χ0) is 58.0. The Balaban J connectivity index is 0.000000344. The molecule has 0 N–H and O–H groups in total. The molecule has 0 saturated heterocycles. The Kier molecular flexibility index (Phi) is 14.8. The zero-order valence-electron chi connectivity index (χ0n) is 37.9. The number of hydrogen-bond acceptors (Lipinski definition) is 2. The fourth-order valence-corrected chi connectivity index (χ4v) is 8.61.